The number of ether oxygens (including phenoxy) is 1. The highest BCUT2D eigenvalue weighted by Gasteiger charge is 2.40. The highest BCUT2D eigenvalue weighted by molar-refractivity contribution is 5.85. The quantitative estimate of drug-likeness (QED) is 0.671. The topological polar surface area (TPSA) is 120 Å². The van der Waals surface area contributed by atoms with Gasteiger partial charge in [-0.3, -0.25) is 4.98 Å². The Hall–Kier alpha value is -2.38. The van der Waals surface area contributed by atoms with E-state index in [2.05, 4.69) is 9.88 Å². The number of piperidine rings is 1. The molecule has 3 rings (SSSR count). The van der Waals surface area contributed by atoms with Crippen LogP contribution in [0.1, 0.15) is 12.8 Å². The first-order chi connectivity index (χ1) is 12.0. The average Bonchev–Trinajstić information content (AvgIpc) is 2.64. The minimum absolute atomic E-state index is 0.329. The lowest BCUT2D eigenvalue weighted by molar-refractivity contribution is -0.150. The molecule has 7 heteroatoms. The molecule has 7 nitrogen and oxygen atoms in total. The molecule has 2 heterocycles. The van der Waals surface area contributed by atoms with Crippen LogP contribution in [0.25, 0.3) is 0 Å². The first-order valence-electron chi connectivity index (χ1n) is 8.52. The van der Waals surface area contributed by atoms with E-state index < -0.39 is 17.6 Å². The number of hydrogen-bond acceptors (Lipinski definition) is 7. The Balaban J connectivity index is 1.49. The number of carbonyl (C=O) groups excluding carboxylic acids is 1. The van der Waals surface area contributed by atoms with Gasteiger partial charge >= 0.3 is 5.97 Å². The van der Waals surface area contributed by atoms with Crippen LogP contribution in [0.2, 0.25) is 0 Å². The first-order valence-corrected chi connectivity index (χ1v) is 8.52. The van der Waals surface area contributed by atoms with Crippen molar-refractivity contribution in [1.29, 1.82) is 0 Å². The maximum absolute atomic E-state index is 12.4. The van der Waals surface area contributed by atoms with Gasteiger partial charge in [-0.2, -0.15) is 0 Å². The molecule has 6 N–H and O–H groups in total. The average molecular weight is 343 g/mol. The summed E-state index contributed by atoms with van der Waals surface area (Å²) in [5.41, 5.74) is 18.1. The number of carbonyl (C=O) groups is 1. The fourth-order valence-electron chi connectivity index (χ4n) is 3.18. The van der Waals surface area contributed by atoms with Crippen LogP contribution in [0.15, 0.2) is 48.5 Å². The Bertz CT molecular complexity index is 667. The number of anilines is 1. The van der Waals surface area contributed by atoms with Crippen molar-refractivity contribution >= 4 is 11.7 Å². The van der Waals surface area contributed by atoms with E-state index in [1.54, 1.807) is 24.5 Å². The molecule has 1 aliphatic carbocycles. The molecule has 0 radical (unpaired) electrons. The van der Waals surface area contributed by atoms with Crippen molar-refractivity contribution in [3.63, 3.8) is 0 Å². The summed E-state index contributed by atoms with van der Waals surface area (Å²) in [5.74, 6) is -0.174. The van der Waals surface area contributed by atoms with Crippen LogP contribution in [0.5, 0.6) is 0 Å². The fourth-order valence-corrected chi connectivity index (χ4v) is 3.18. The van der Waals surface area contributed by atoms with Crippen molar-refractivity contribution in [3.8, 4) is 0 Å². The Morgan fingerprint density at radius 3 is 2.64 bits per heavy atom. The van der Waals surface area contributed by atoms with Crippen molar-refractivity contribution in [2.24, 2.45) is 23.1 Å². The van der Waals surface area contributed by atoms with E-state index in [9.17, 15) is 4.79 Å². The first kappa shape index (κ1) is 17.4. The summed E-state index contributed by atoms with van der Waals surface area (Å²) in [4.78, 5) is 18.8. The van der Waals surface area contributed by atoms with Gasteiger partial charge in [-0.25, -0.2) is 4.79 Å². The molecule has 134 valence electrons. The molecule has 1 aliphatic heterocycles. The van der Waals surface area contributed by atoms with Crippen molar-refractivity contribution in [2.45, 2.75) is 24.4 Å². The van der Waals surface area contributed by atoms with E-state index >= 15 is 0 Å². The predicted molar refractivity (Wildman–Crippen MR) is 96.4 cm³/mol. The molecule has 25 heavy (non-hydrogen) atoms. The molecule has 0 bridgehead atoms. The van der Waals surface area contributed by atoms with E-state index in [-0.39, 0.29) is 0 Å². The minimum Gasteiger partial charge on any atom is -0.464 e. The predicted octanol–water partition coefficient (Wildman–Crippen LogP) is 0.278. The lowest BCUT2D eigenvalue weighted by Gasteiger charge is -2.34. The van der Waals surface area contributed by atoms with Crippen LogP contribution in [0.4, 0.5) is 5.69 Å². The molecule has 2 unspecified atom stereocenters. The van der Waals surface area contributed by atoms with Crippen LogP contribution >= 0.6 is 0 Å². The van der Waals surface area contributed by atoms with Gasteiger partial charge in [0.1, 0.15) is 0 Å². The minimum atomic E-state index is -1.35. The van der Waals surface area contributed by atoms with Gasteiger partial charge in [-0.15, -0.1) is 0 Å². The lowest BCUT2D eigenvalue weighted by Crippen LogP contribution is -2.60. The summed E-state index contributed by atoms with van der Waals surface area (Å²) < 4.78 is 5.48. The maximum Gasteiger partial charge on any atom is 0.332 e. The van der Waals surface area contributed by atoms with Crippen LogP contribution in [0, 0.1) is 5.92 Å². The van der Waals surface area contributed by atoms with Crippen molar-refractivity contribution in [1.82, 2.24) is 4.98 Å². The molecule has 2 atom stereocenters. The summed E-state index contributed by atoms with van der Waals surface area (Å²) in [7, 11) is 0. The molecule has 1 aromatic heterocycles. The summed E-state index contributed by atoms with van der Waals surface area (Å²) >= 11 is 0. The molecule has 0 amide bonds. The standard InChI is InChI=1S/C18H25N5O2/c19-14-1-6-18(21,16(20)11-14)17(24)25-12-13-4-9-23(10-5-13)15-2-7-22-8-3-15/h1-3,6-8,11,13,16H,4-5,9-10,12,19-21H2. The zero-order chi connectivity index (χ0) is 17.9. The Morgan fingerprint density at radius 2 is 2.00 bits per heavy atom. The number of nitrogens with two attached hydrogens (primary N) is 3. The van der Waals surface area contributed by atoms with E-state index in [0.29, 0.717) is 18.2 Å². The van der Waals surface area contributed by atoms with Crippen LogP contribution in [-0.2, 0) is 9.53 Å². The van der Waals surface area contributed by atoms with Crippen LogP contribution in [0.3, 0.4) is 0 Å². The number of pyridine rings is 1. The monoisotopic (exact) mass is 343 g/mol. The molecule has 0 spiro atoms. The van der Waals surface area contributed by atoms with Gasteiger partial charge in [-0.05, 0) is 49.1 Å². The number of aromatic nitrogens is 1. The van der Waals surface area contributed by atoms with Gasteiger partial charge in [0, 0.05) is 36.9 Å². The highest BCUT2D eigenvalue weighted by atomic mass is 16.5. The molecule has 1 fully saturated rings. The second kappa shape index (κ2) is 7.25. The van der Waals surface area contributed by atoms with Crippen molar-refractivity contribution in [2.75, 3.05) is 24.6 Å². The normalized spacial score (nSPS) is 27.0. The molecular weight excluding hydrogens is 318 g/mol. The number of nitrogens with zero attached hydrogens (tertiary/aromatic N) is 2. The highest BCUT2D eigenvalue weighted by Crippen LogP contribution is 2.24. The second-order valence-electron chi connectivity index (χ2n) is 6.69. The van der Waals surface area contributed by atoms with Gasteiger partial charge in [0.05, 0.1) is 12.6 Å². The third-order valence-electron chi connectivity index (χ3n) is 4.92. The molecule has 1 aromatic rings. The molecule has 2 aliphatic rings. The lowest BCUT2D eigenvalue weighted by atomic mass is 9.87. The van der Waals surface area contributed by atoms with Gasteiger partial charge in [0.15, 0.2) is 5.54 Å². The van der Waals surface area contributed by atoms with Gasteiger partial charge in [0.25, 0.3) is 0 Å². The van der Waals surface area contributed by atoms with E-state index in [1.807, 2.05) is 12.1 Å². The Kier molecular flexibility index (Phi) is 5.06. The molecule has 1 saturated heterocycles. The van der Waals surface area contributed by atoms with Gasteiger partial charge < -0.3 is 26.8 Å². The smallest absolute Gasteiger partial charge is 0.332 e. The summed E-state index contributed by atoms with van der Waals surface area (Å²) in [6, 6.07) is 3.34. The zero-order valence-corrected chi connectivity index (χ0v) is 14.2. The number of esters is 1. The zero-order valence-electron chi connectivity index (χ0n) is 14.2. The summed E-state index contributed by atoms with van der Waals surface area (Å²) in [5, 5.41) is 0. The van der Waals surface area contributed by atoms with E-state index in [4.69, 9.17) is 21.9 Å². The van der Waals surface area contributed by atoms with Crippen LogP contribution in [-0.4, -0.2) is 42.2 Å². The maximum atomic E-state index is 12.4. The van der Waals surface area contributed by atoms with Gasteiger partial charge in [-0.1, -0.05) is 0 Å². The number of rotatable bonds is 4. The second-order valence-corrected chi connectivity index (χ2v) is 6.69. The Labute approximate surface area is 147 Å². The van der Waals surface area contributed by atoms with Crippen molar-refractivity contribution < 1.29 is 9.53 Å². The summed E-state index contributed by atoms with van der Waals surface area (Å²) in [6.45, 7) is 2.22. The van der Waals surface area contributed by atoms with E-state index in [1.165, 1.54) is 11.8 Å². The molecule has 0 saturated carbocycles. The summed E-state index contributed by atoms with van der Waals surface area (Å²) in [6.07, 6.45) is 10.2. The fraction of sp³-hybridized carbons (Fsp3) is 0.444. The number of allylic oxidation sites excluding steroid dienone is 1. The van der Waals surface area contributed by atoms with Gasteiger partial charge in [0.2, 0.25) is 0 Å². The molecule has 0 aromatic carbocycles. The van der Waals surface area contributed by atoms with Crippen LogP contribution < -0.4 is 22.1 Å². The third-order valence-corrected chi connectivity index (χ3v) is 4.92. The SMILES string of the molecule is NC1=CC(N)C(N)(C(=O)OCC2CCN(c3ccncc3)CC2)C=C1. The third kappa shape index (κ3) is 3.83. The largest absolute Gasteiger partial charge is 0.464 e. The number of hydrogen-bond donors (Lipinski definition) is 3. The Morgan fingerprint density at radius 1 is 1.32 bits per heavy atom. The van der Waals surface area contributed by atoms with Crippen molar-refractivity contribution in [3.05, 3.63) is 48.5 Å². The van der Waals surface area contributed by atoms with E-state index in [0.717, 1.165) is 25.9 Å². The molecular formula is C18H25N5O2.